The lowest BCUT2D eigenvalue weighted by Gasteiger charge is -2.12. The second kappa shape index (κ2) is 13.4. The van der Waals surface area contributed by atoms with Gasteiger partial charge in [-0.15, -0.1) is 35.3 Å². The smallest absolute Gasteiger partial charge is 0.191 e. The fourth-order valence-electron chi connectivity index (χ4n) is 2.35. The van der Waals surface area contributed by atoms with Gasteiger partial charge in [0, 0.05) is 26.0 Å². The molecule has 3 N–H and O–H groups in total. The fraction of sp³-hybridized carbons (Fsp3) is 0.474. The lowest BCUT2D eigenvalue weighted by molar-refractivity contribution is 0.196. The number of ether oxygens (including phenoxy) is 2. The van der Waals surface area contributed by atoms with Crippen LogP contribution in [0.4, 0.5) is 5.13 Å². The minimum absolute atomic E-state index is 0. The SMILES string of the molecule is CCNC(=NCc1ccc(OCCO)c(OC)c1)NCc1csc(N(C)C)n1.I. The number of guanidine groups is 1. The maximum absolute atomic E-state index is 8.90. The molecular weight excluding hydrogens is 505 g/mol. The molecular formula is C19H30IN5O3S. The predicted octanol–water partition coefficient (Wildman–Crippen LogP) is 2.46. The Hall–Kier alpha value is -1.79. The van der Waals surface area contributed by atoms with Gasteiger partial charge in [-0.25, -0.2) is 9.98 Å². The van der Waals surface area contributed by atoms with Gasteiger partial charge in [0.2, 0.25) is 0 Å². The van der Waals surface area contributed by atoms with Crippen LogP contribution in [0.15, 0.2) is 28.6 Å². The van der Waals surface area contributed by atoms with E-state index >= 15 is 0 Å². The highest BCUT2D eigenvalue weighted by atomic mass is 127. The average Bonchev–Trinajstić information content (AvgIpc) is 3.18. The summed E-state index contributed by atoms with van der Waals surface area (Å²) in [6, 6.07) is 5.66. The van der Waals surface area contributed by atoms with Crippen molar-refractivity contribution in [2.75, 3.05) is 45.9 Å². The monoisotopic (exact) mass is 535 g/mol. The van der Waals surface area contributed by atoms with Crippen molar-refractivity contribution in [1.29, 1.82) is 0 Å². The van der Waals surface area contributed by atoms with E-state index in [-0.39, 0.29) is 37.2 Å². The molecule has 2 aromatic rings. The number of thiazole rings is 1. The highest BCUT2D eigenvalue weighted by Gasteiger charge is 2.07. The summed E-state index contributed by atoms with van der Waals surface area (Å²) in [6.45, 7) is 4.08. The molecule has 0 atom stereocenters. The molecule has 0 fully saturated rings. The highest BCUT2D eigenvalue weighted by molar-refractivity contribution is 14.0. The van der Waals surface area contributed by atoms with Crippen LogP contribution >= 0.6 is 35.3 Å². The zero-order valence-corrected chi connectivity index (χ0v) is 20.4. The molecule has 0 radical (unpaired) electrons. The van der Waals surface area contributed by atoms with Crippen molar-refractivity contribution < 1.29 is 14.6 Å². The summed E-state index contributed by atoms with van der Waals surface area (Å²) in [6.07, 6.45) is 0. The molecule has 8 nitrogen and oxygen atoms in total. The Labute approximate surface area is 193 Å². The van der Waals surface area contributed by atoms with Crippen LogP contribution in [-0.4, -0.2) is 57.0 Å². The molecule has 1 aromatic heterocycles. The first kappa shape index (κ1) is 25.2. The van der Waals surface area contributed by atoms with Crippen molar-refractivity contribution in [2.45, 2.75) is 20.0 Å². The summed E-state index contributed by atoms with van der Waals surface area (Å²) in [5.74, 6) is 1.95. The van der Waals surface area contributed by atoms with Gasteiger partial charge in [0.1, 0.15) is 6.61 Å². The Morgan fingerprint density at radius 3 is 2.69 bits per heavy atom. The van der Waals surface area contributed by atoms with E-state index in [0.717, 1.165) is 28.9 Å². The zero-order valence-electron chi connectivity index (χ0n) is 17.3. The van der Waals surface area contributed by atoms with Crippen molar-refractivity contribution >= 4 is 46.4 Å². The molecule has 10 heteroatoms. The van der Waals surface area contributed by atoms with Crippen molar-refractivity contribution in [3.8, 4) is 11.5 Å². The topological polar surface area (TPSA) is 91.2 Å². The number of benzene rings is 1. The maximum atomic E-state index is 8.90. The number of methoxy groups -OCH3 is 1. The van der Waals surface area contributed by atoms with Crippen LogP contribution in [-0.2, 0) is 13.1 Å². The number of halogens is 1. The van der Waals surface area contributed by atoms with Gasteiger partial charge in [-0.1, -0.05) is 6.07 Å². The summed E-state index contributed by atoms with van der Waals surface area (Å²) < 4.78 is 10.8. The minimum atomic E-state index is -0.0397. The number of nitrogens with zero attached hydrogens (tertiary/aromatic N) is 3. The zero-order chi connectivity index (χ0) is 20.4. The van der Waals surface area contributed by atoms with Crippen LogP contribution in [0, 0.1) is 0 Å². The Bertz CT molecular complexity index is 770. The molecule has 0 bridgehead atoms. The van der Waals surface area contributed by atoms with Gasteiger partial charge >= 0.3 is 0 Å². The molecule has 0 saturated heterocycles. The van der Waals surface area contributed by atoms with E-state index in [9.17, 15) is 0 Å². The Morgan fingerprint density at radius 1 is 1.28 bits per heavy atom. The molecule has 0 amide bonds. The van der Waals surface area contributed by atoms with Crippen LogP contribution in [0.1, 0.15) is 18.2 Å². The van der Waals surface area contributed by atoms with Gasteiger partial charge in [0.15, 0.2) is 22.6 Å². The summed E-state index contributed by atoms with van der Waals surface area (Å²) >= 11 is 1.62. The number of aliphatic imine (C=N–C) groups is 1. The molecule has 0 aliphatic carbocycles. The number of nitrogens with one attached hydrogen (secondary N) is 2. The van der Waals surface area contributed by atoms with Crippen molar-refractivity contribution in [2.24, 2.45) is 4.99 Å². The van der Waals surface area contributed by atoms with Gasteiger partial charge in [0.05, 0.1) is 32.5 Å². The third-order valence-corrected chi connectivity index (χ3v) is 4.76. The van der Waals surface area contributed by atoms with E-state index in [1.165, 1.54) is 0 Å². The first-order valence-corrected chi connectivity index (χ1v) is 9.99. The number of aliphatic hydroxyl groups excluding tert-OH is 1. The van der Waals surface area contributed by atoms with E-state index in [2.05, 4.69) is 20.6 Å². The van der Waals surface area contributed by atoms with E-state index < -0.39 is 0 Å². The Morgan fingerprint density at radius 2 is 2.07 bits per heavy atom. The largest absolute Gasteiger partial charge is 0.493 e. The number of hydrogen-bond acceptors (Lipinski definition) is 7. The van der Waals surface area contributed by atoms with Gasteiger partial charge in [-0.3, -0.25) is 0 Å². The van der Waals surface area contributed by atoms with Crippen molar-refractivity contribution in [1.82, 2.24) is 15.6 Å². The van der Waals surface area contributed by atoms with Gasteiger partial charge in [0.25, 0.3) is 0 Å². The minimum Gasteiger partial charge on any atom is -0.493 e. The molecule has 0 spiro atoms. The normalized spacial score (nSPS) is 10.9. The van der Waals surface area contributed by atoms with Crippen LogP contribution in [0.2, 0.25) is 0 Å². The number of aromatic nitrogens is 1. The van der Waals surface area contributed by atoms with Crippen LogP contribution in [0.3, 0.4) is 0 Å². The first-order chi connectivity index (χ1) is 13.6. The summed E-state index contributed by atoms with van der Waals surface area (Å²) in [5.41, 5.74) is 1.97. The first-order valence-electron chi connectivity index (χ1n) is 9.11. The van der Waals surface area contributed by atoms with Gasteiger partial charge < -0.3 is 30.1 Å². The predicted molar refractivity (Wildman–Crippen MR) is 129 cm³/mol. The molecule has 1 heterocycles. The van der Waals surface area contributed by atoms with E-state index in [4.69, 9.17) is 14.6 Å². The molecule has 0 unspecified atom stereocenters. The van der Waals surface area contributed by atoms with E-state index in [0.29, 0.717) is 24.6 Å². The Kier molecular flexibility index (Phi) is 11.7. The van der Waals surface area contributed by atoms with E-state index in [1.54, 1.807) is 18.4 Å². The molecule has 29 heavy (non-hydrogen) atoms. The lowest BCUT2D eigenvalue weighted by Crippen LogP contribution is -2.36. The summed E-state index contributed by atoms with van der Waals surface area (Å²) in [5, 5.41) is 18.5. The Balaban J connectivity index is 0.00000420. The summed E-state index contributed by atoms with van der Waals surface area (Å²) in [4.78, 5) is 11.2. The maximum Gasteiger partial charge on any atom is 0.191 e. The average molecular weight is 535 g/mol. The fourth-order valence-corrected chi connectivity index (χ4v) is 3.11. The third kappa shape index (κ3) is 8.23. The summed E-state index contributed by atoms with van der Waals surface area (Å²) in [7, 11) is 5.56. The molecule has 0 aliphatic heterocycles. The lowest BCUT2D eigenvalue weighted by atomic mass is 10.2. The van der Waals surface area contributed by atoms with E-state index in [1.807, 2.05) is 49.5 Å². The second-order valence-electron chi connectivity index (χ2n) is 6.12. The second-order valence-corrected chi connectivity index (χ2v) is 6.96. The number of hydrogen-bond donors (Lipinski definition) is 3. The van der Waals surface area contributed by atoms with Gasteiger partial charge in [-0.2, -0.15) is 0 Å². The number of anilines is 1. The molecule has 0 aliphatic rings. The third-order valence-electron chi connectivity index (χ3n) is 3.70. The van der Waals surface area contributed by atoms with Crippen LogP contribution in [0.5, 0.6) is 11.5 Å². The molecule has 1 aromatic carbocycles. The van der Waals surface area contributed by atoms with Crippen molar-refractivity contribution in [3.63, 3.8) is 0 Å². The molecule has 2 rings (SSSR count). The number of aliphatic hydroxyl groups is 1. The number of rotatable bonds is 10. The van der Waals surface area contributed by atoms with Crippen molar-refractivity contribution in [3.05, 3.63) is 34.8 Å². The highest BCUT2D eigenvalue weighted by Crippen LogP contribution is 2.28. The van der Waals surface area contributed by atoms with Gasteiger partial charge in [-0.05, 0) is 24.6 Å². The quantitative estimate of drug-likeness (QED) is 0.245. The molecule has 0 saturated carbocycles. The standard InChI is InChI=1S/C19H29N5O3S.HI/c1-5-20-18(22-12-15-13-28-19(23-15)24(2)3)21-11-14-6-7-16(27-9-8-25)17(10-14)26-4;/h6-7,10,13,25H,5,8-9,11-12H2,1-4H3,(H2,20,21,22);1H. The van der Waals surface area contributed by atoms with Crippen LogP contribution < -0.4 is 25.0 Å². The van der Waals surface area contributed by atoms with Crippen LogP contribution in [0.25, 0.3) is 0 Å². The molecule has 162 valence electrons.